The fraction of sp³-hybridized carbons (Fsp3) is 0.261. The van der Waals surface area contributed by atoms with Crippen molar-refractivity contribution in [2.24, 2.45) is 0 Å². The topological polar surface area (TPSA) is 132 Å². The number of pyridine rings is 1. The Morgan fingerprint density at radius 3 is 2.36 bits per heavy atom. The van der Waals surface area contributed by atoms with Crippen LogP contribution in [-0.2, 0) is 16.1 Å². The van der Waals surface area contributed by atoms with Crippen molar-refractivity contribution >= 4 is 34.4 Å². The van der Waals surface area contributed by atoms with Gasteiger partial charge in [-0.2, -0.15) is 0 Å². The molecular formula is C23H24ClN3O6. The summed E-state index contributed by atoms with van der Waals surface area (Å²) < 4.78 is 0. The van der Waals surface area contributed by atoms with E-state index >= 15 is 0 Å². The number of aromatic nitrogens is 1. The van der Waals surface area contributed by atoms with Gasteiger partial charge in [-0.05, 0) is 49.7 Å². The van der Waals surface area contributed by atoms with Gasteiger partial charge in [-0.25, -0.2) is 4.79 Å². The summed E-state index contributed by atoms with van der Waals surface area (Å²) in [6.45, 7) is 2.62. The minimum Gasteiger partial charge on any atom is -0.375 e. The van der Waals surface area contributed by atoms with Gasteiger partial charge in [-0.3, -0.25) is 9.59 Å². The molecule has 0 radical (unpaired) electrons. The van der Waals surface area contributed by atoms with Gasteiger partial charge in [0.2, 0.25) is 5.56 Å². The standard InChI is InChI=1S/C23H24ClN3O6/c1-13(28)27(14(2)29)33-23(32)20(26-22(31)15-7-9-17(24)10-8-15)11-16-12-21(30)25-19-6-4-3-5-18(16)19/h3-10,12-14,20,28-29H,11H2,1-2H3,(H,25,30)(H,26,31). The molecule has 10 heteroatoms. The average Bonchev–Trinajstić information content (AvgIpc) is 2.76. The number of fused-ring (bicyclic) bond motifs is 1. The molecule has 9 nitrogen and oxygen atoms in total. The van der Waals surface area contributed by atoms with Crippen LogP contribution in [0, 0.1) is 0 Å². The highest BCUT2D eigenvalue weighted by atomic mass is 35.5. The second kappa shape index (κ2) is 10.6. The van der Waals surface area contributed by atoms with Crippen molar-refractivity contribution in [2.75, 3.05) is 0 Å². The molecule has 0 fully saturated rings. The fourth-order valence-corrected chi connectivity index (χ4v) is 3.46. The van der Waals surface area contributed by atoms with Crippen molar-refractivity contribution in [3.05, 3.63) is 81.1 Å². The molecule has 0 saturated carbocycles. The molecule has 0 saturated heterocycles. The third kappa shape index (κ3) is 6.17. The Morgan fingerprint density at radius 2 is 1.73 bits per heavy atom. The van der Waals surface area contributed by atoms with E-state index in [2.05, 4.69) is 10.3 Å². The van der Waals surface area contributed by atoms with Gasteiger partial charge in [-0.1, -0.05) is 34.9 Å². The molecule has 0 aliphatic carbocycles. The predicted molar refractivity (Wildman–Crippen MR) is 122 cm³/mol. The number of hydroxylamine groups is 2. The van der Waals surface area contributed by atoms with E-state index in [0.717, 1.165) is 0 Å². The molecule has 4 N–H and O–H groups in total. The monoisotopic (exact) mass is 473 g/mol. The number of para-hydroxylation sites is 1. The largest absolute Gasteiger partial charge is 0.375 e. The quantitative estimate of drug-likeness (QED) is 0.290. The van der Waals surface area contributed by atoms with Crippen molar-refractivity contribution in [1.29, 1.82) is 0 Å². The van der Waals surface area contributed by atoms with E-state index in [9.17, 15) is 24.6 Å². The molecule has 1 heterocycles. The van der Waals surface area contributed by atoms with Crippen molar-refractivity contribution in [2.45, 2.75) is 38.8 Å². The van der Waals surface area contributed by atoms with Crippen LogP contribution in [0.1, 0.15) is 29.8 Å². The van der Waals surface area contributed by atoms with Gasteiger partial charge in [0.1, 0.15) is 18.5 Å². The molecule has 33 heavy (non-hydrogen) atoms. The molecule has 0 bridgehead atoms. The predicted octanol–water partition coefficient (Wildman–Crippen LogP) is 1.96. The number of carbonyl (C=O) groups is 2. The summed E-state index contributed by atoms with van der Waals surface area (Å²) in [4.78, 5) is 45.8. The van der Waals surface area contributed by atoms with Crippen molar-refractivity contribution in [3.63, 3.8) is 0 Å². The van der Waals surface area contributed by atoms with Gasteiger partial charge < -0.3 is 25.4 Å². The van der Waals surface area contributed by atoms with Crippen LogP contribution in [0.4, 0.5) is 0 Å². The van der Waals surface area contributed by atoms with Crippen LogP contribution in [0.5, 0.6) is 0 Å². The van der Waals surface area contributed by atoms with Crippen LogP contribution in [-0.4, -0.2) is 50.6 Å². The first kappa shape index (κ1) is 24.4. The number of halogens is 1. The molecule has 174 valence electrons. The van der Waals surface area contributed by atoms with Gasteiger partial charge >= 0.3 is 5.97 Å². The summed E-state index contributed by atoms with van der Waals surface area (Å²) in [6, 6.07) is 13.2. The Balaban J connectivity index is 1.94. The lowest BCUT2D eigenvalue weighted by atomic mass is 10.0. The third-order valence-electron chi connectivity index (χ3n) is 4.89. The number of nitrogens with zero attached hydrogens (tertiary/aromatic N) is 1. The maximum atomic E-state index is 13.0. The van der Waals surface area contributed by atoms with Crippen molar-refractivity contribution in [3.8, 4) is 0 Å². The summed E-state index contributed by atoms with van der Waals surface area (Å²) in [5, 5.41) is 24.1. The number of aliphatic hydroxyl groups excluding tert-OH is 2. The van der Waals surface area contributed by atoms with Crippen LogP contribution < -0.4 is 10.9 Å². The molecule has 3 rings (SSSR count). The van der Waals surface area contributed by atoms with Crippen LogP contribution in [0.3, 0.4) is 0 Å². The Kier molecular flexibility index (Phi) is 7.83. The van der Waals surface area contributed by atoms with E-state index in [0.29, 0.717) is 26.6 Å². The lowest BCUT2D eigenvalue weighted by Gasteiger charge is -2.28. The summed E-state index contributed by atoms with van der Waals surface area (Å²) in [7, 11) is 0. The minimum absolute atomic E-state index is 0.0734. The second-order valence-electron chi connectivity index (χ2n) is 7.48. The van der Waals surface area contributed by atoms with Crippen LogP contribution in [0.15, 0.2) is 59.4 Å². The summed E-state index contributed by atoms with van der Waals surface area (Å²) in [5.41, 5.74) is 0.976. The minimum atomic E-state index is -1.30. The molecule has 3 unspecified atom stereocenters. The highest BCUT2D eigenvalue weighted by Gasteiger charge is 2.29. The SMILES string of the molecule is CC(O)N(OC(=O)C(Cc1cc(=O)[nH]c2ccccc12)NC(=O)c1ccc(Cl)cc1)C(C)O. The number of H-pyrrole nitrogens is 1. The first-order valence-corrected chi connectivity index (χ1v) is 10.6. The number of benzene rings is 2. The third-order valence-corrected chi connectivity index (χ3v) is 5.14. The molecule has 3 aromatic rings. The highest BCUT2D eigenvalue weighted by molar-refractivity contribution is 6.30. The van der Waals surface area contributed by atoms with Gasteiger partial charge in [-0.15, -0.1) is 0 Å². The number of carbonyl (C=O) groups excluding carboxylic acids is 2. The van der Waals surface area contributed by atoms with Crippen LogP contribution >= 0.6 is 11.6 Å². The molecule has 0 aliphatic rings. The molecule has 3 atom stereocenters. The van der Waals surface area contributed by atoms with Gasteiger partial charge in [0, 0.05) is 34.0 Å². The number of nitrogens with one attached hydrogen (secondary N) is 2. The summed E-state index contributed by atoms with van der Waals surface area (Å²) in [6.07, 6.45) is -2.68. The van der Waals surface area contributed by atoms with Gasteiger partial charge in [0.25, 0.3) is 5.91 Å². The zero-order chi connectivity index (χ0) is 24.1. The lowest BCUT2D eigenvalue weighted by molar-refractivity contribution is -0.277. The Hall–Kier alpha value is -3.24. The maximum Gasteiger partial charge on any atom is 0.348 e. The zero-order valence-corrected chi connectivity index (χ0v) is 18.7. The smallest absolute Gasteiger partial charge is 0.348 e. The van der Waals surface area contributed by atoms with E-state index < -0.39 is 30.4 Å². The summed E-state index contributed by atoms with van der Waals surface area (Å²) >= 11 is 5.88. The summed E-state index contributed by atoms with van der Waals surface area (Å²) in [5.74, 6) is -1.49. The first-order valence-electron chi connectivity index (χ1n) is 10.2. The van der Waals surface area contributed by atoms with E-state index in [4.69, 9.17) is 16.4 Å². The average molecular weight is 474 g/mol. The Bertz CT molecular complexity index is 1180. The molecule has 1 amide bonds. The Labute approximate surface area is 194 Å². The molecule has 0 aliphatic heterocycles. The number of hydrogen-bond acceptors (Lipinski definition) is 7. The van der Waals surface area contributed by atoms with E-state index in [1.54, 1.807) is 24.3 Å². The number of aromatic amines is 1. The normalized spacial score (nSPS) is 14.0. The number of amides is 1. The van der Waals surface area contributed by atoms with E-state index in [1.165, 1.54) is 44.2 Å². The number of hydrogen-bond donors (Lipinski definition) is 4. The first-order chi connectivity index (χ1) is 15.7. The molecular weight excluding hydrogens is 450 g/mol. The van der Waals surface area contributed by atoms with Gasteiger partial charge in [0.15, 0.2) is 0 Å². The van der Waals surface area contributed by atoms with Crippen LogP contribution in [0.25, 0.3) is 10.9 Å². The number of rotatable bonds is 8. The van der Waals surface area contributed by atoms with Gasteiger partial charge in [0.05, 0.1) is 0 Å². The van der Waals surface area contributed by atoms with Crippen molar-refractivity contribution < 1.29 is 24.6 Å². The van der Waals surface area contributed by atoms with Crippen LogP contribution in [0.2, 0.25) is 5.02 Å². The number of aliphatic hydroxyl groups is 2. The second-order valence-corrected chi connectivity index (χ2v) is 7.91. The Morgan fingerprint density at radius 1 is 1.09 bits per heavy atom. The molecule has 0 spiro atoms. The lowest BCUT2D eigenvalue weighted by Crippen LogP contribution is -2.49. The molecule has 2 aromatic carbocycles. The van der Waals surface area contributed by atoms with E-state index in [1.807, 2.05) is 0 Å². The maximum absolute atomic E-state index is 13.0. The zero-order valence-electron chi connectivity index (χ0n) is 18.0. The molecule has 1 aromatic heterocycles. The highest BCUT2D eigenvalue weighted by Crippen LogP contribution is 2.18. The van der Waals surface area contributed by atoms with E-state index in [-0.39, 0.29) is 17.5 Å². The van der Waals surface area contributed by atoms with Crippen molar-refractivity contribution in [1.82, 2.24) is 15.4 Å². The fourth-order valence-electron chi connectivity index (χ4n) is 3.33.